The van der Waals surface area contributed by atoms with Gasteiger partial charge in [-0.05, 0) is 33.7 Å². The van der Waals surface area contributed by atoms with Crippen LogP contribution in [0.15, 0.2) is 0 Å². The minimum Gasteiger partial charge on any atom is -0.368 e. The van der Waals surface area contributed by atoms with E-state index in [1.165, 1.54) is 0 Å². The van der Waals surface area contributed by atoms with Crippen LogP contribution >= 0.6 is 0 Å². The van der Waals surface area contributed by atoms with Crippen molar-refractivity contribution >= 4 is 5.91 Å². The van der Waals surface area contributed by atoms with Gasteiger partial charge in [-0.15, -0.1) is 0 Å². The van der Waals surface area contributed by atoms with E-state index in [2.05, 4.69) is 18.3 Å². The normalized spacial score (nSPS) is 29.2. The van der Waals surface area contributed by atoms with Crippen molar-refractivity contribution in [3.8, 4) is 6.07 Å². The lowest BCUT2D eigenvalue weighted by Crippen LogP contribution is -2.54. The largest absolute Gasteiger partial charge is 0.368 e. The molecule has 1 aliphatic rings. The molecule has 1 saturated heterocycles. The van der Waals surface area contributed by atoms with Crippen molar-refractivity contribution in [2.45, 2.75) is 57.7 Å². The van der Waals surface area contributed by atoms with Crippen molar-refractivity contribution in [2.75, 3.05) is 13.1 Å². The topological polar surface area (TPSA) is 82.2 Å². The summed E-state index contributed by atoms with van der Waals surface area (Å²) in [5, 5.41) is 12.8. The maximum atomic E-state index is 11.5. The fourth-order valence-corrected chi connectivity index (χ4v) is 2.70. The first kappa shape index (κ1) is 14.9. The predicted molar refractivity (Wildman–Crippen MR) is 70.7 cm³/mol. The first-order chi connectivity index (χ1) is 8.23. The SMILES string of the molecule is CCCN1CC(C#N)(NC(C)(C)C)CC1C(N)=O. The first-order valence-corrected chi connectivity index (χ1v) is 6.47. The number of nitrogens with one attached hydrogen (secondary N) is 1. The molecule has 1 amide bonds. The van der Waals surface area contributed by atoms with Crippen molar-refractivity contribution in [3.63, 3.8) is 0 Å². The van der Waals surface area contributed by atoms with Gasteiger partial charge in [-0.3, -0.25) is 15.0 Å². The molecule has 2 unspecified atom stereocenters. The molecule has 0 aromatic heterocycles. The van der Waals surface area contributed by atoms with Crippen molar-refractivity contribution < 1.29 is 4.79 Å². The molecule has 18 heavy (non-hydrogen) atoms. The molecule has 5 heteroatoms. The molecule has 102 valence electrons. The maximum absolute atomic E-state index is 11.5. The highest BCUT2D eigenvalue weighted by Crippen LogP contribution is 2.28. The van der Waals surface area contributed by atoms with Gasteiger partial charge in [-0.2, -0.15) is 5.26 Å². The molecule has 0 radical (unpaired) electrons. The molecule has 1 heterocycles. The van der Waals surface area contributed by atoms with E-state index in [0.717, 1.165) is 13.0 Å². The van der Waals surface area contributed by atoms with Crippen LogP contribution in [0.2, 0.25) is 0 Å². The lowest BCUT2D eigenvalue weighted by molar-refractivity contribution is -0.122. The lowest BCUT2D eigenvalue weighted by Gasteiger charge is -2.32. The van der Waals surface area contributed by atoms with Gasteiger partial charge in [0.2, 0.25) is 5.91 Å². The summed E-state index contributed by atoms with van der Waals surface area (Å²) in [6.45, 7) is 9.47. The quantitative estimate of drug-likeness (QED) is 0.768. The predicted octanol–water partition coefficient (Wildman–Crippen LogP) is 0.606. The summed E-state index contributed by atoms with van der Waals surface area (Å²) in [6, 6.07) is 2.01. The number of carbonyl (C=O) groups is 1. The van der Waals surface area contributed by atoms with Gasteiger partial charge in [0.25, 0.3) is 0 Å². The zero-order valence-electron chi connectivity index (χ0n) is 11.8. The zero-order valence-corrected chi connectivity index (χ0v) is 11.8. The summed E-state index contributed by atoms with van der Waals surface area (Å²) in [4.78, 5) is 13.5. The van der Waals surface area contributed by atoms with Gasteiger partial charge in [0.05, 0.1) is 12.1 Å². The first-order valence-electron chi connectivity index (χ1n) is 6.47. The minimum absolute atomic E-state index is 0.167. The monoisotopic (exact) mass is 252 g/mol. The average Bonchev–Trinajstić information content (AvgIpc) is 2.56. The van der Waals surface area contributed by atoms with Gasteiger partial charge >= 0.3 is 0 Å². The average molecular weight is 252 g/mol. The summed E-state index contributed by atoms with van der Waals surface area (Å²) >= 11 is 0. The third-order valence-electron chi connectivity index (χ3n) is 3.12. The van der Waals surface area contributed by atoms with E-state index in [9.17, 15) is 10.1 Å². The Kier molecular flexibility index (Phi) is 4.36. The summed E-state index contributed by atoms with van der Waals surface area (Å²) in [6.07, 6.45) is 1.41. The molecule has 0 spiro atoms. The number of hydrogen-bond donors (Lipinski definition) is 2. The number of likely N-dealkylation sites (tertiary alicyclic amines) is 1. The van der Waals surface area contributed by atoms with Crippen LogP contribution in [0.3, 0.4) is 0 Å². The van der Waals surface area contributed by atoms with Crippen LogP contribution in [0.25, 0.3) is 0 Å². The highest BCUT2D eigenvalue weighted by molar-refractivity contribution is 5.80. The third-order valence-corrected chi connectivity index (χ3v) is 3.12. The second kappa shape index (κ2) is 5.25. The molecule has 1 aliphatic heterocycles. The Morgan fingerprint density at radius 2 is 2.22 bits per heavy atom. The van der Waals surface area contributed by atoms with Gasteiger partial charge in [0.1, 0.15) is 5.54 Å². The number of nitrogens with zero attached hydrogens (tertiary/aromatic N) is 2. The Morgan fingerprint density at radius 1 is 1.61 bits per heavy atom. The molecule has 1 fully saturated rings. The van der Waals surface area contributed by atoms with E-state index in [0.29, 0.717) is 13.0 Å². The number of carbonyl (C=O) groups excluding carboxylic acids is 1. The van der Waals surface area contributed by atoms with E-state index < -0.39 is 5.54 Å². The van der Waals surface area contributed by atoms with Gasteiger partial charge in [0, 0.05) is 18.5 Å². The molecular formula is C13H24N4O. The van der Waals surface area contributed by atoms with Crippen LogP contribution in [0, 0.1) is 11.3 Å². The smallest absolute Gasteiger partial charge is 0.234 e. The van der Waals surface area contributed by atoms with Crippen LogP contribution in [-0.4, -0.2) is 41.0 Å². The number of hydrogen-bond acceptors (Lipinski definition) is 4. The highest BCUT2D eigenvalue weighted by Gasteiger charge is 2.47. The van der Waals surface area contributed by atoms with Crippen LogP contribution < -0.4 is 11.1 Å². The van der Waals surface area contributed by atoms with E-state index in [1.807, 2.05) is 25.7 Å². The van der Waals surface area contributed by atoms with Crippen molar-refractivity contribution in [1.82, 2.24) is 10.2 Å². The van der Waals surface area contributed by atoms with Crippen LogP contribution in [0.5, 0.6) is 0 Å². The summed E-state index contributed by atoms with van der Waals surface area (Å²) in [7, 11) is 0. The molecule has 2 atom stereocenters. The Morgan fingerprint density at radius 3 is 2.61 bits per heavy atom. The summed E-state index contributed by atoms with van der Waals surface area (Å²) in [5.74, 6) is -0.337. The standard InChI is InChI=1S/C13H24N4O/c1-5-6-17-9-13(8-14,16-12(2,3)4)7-10(17)11(15)18/h10,16H,5-7,9H2,1-4H3,(H2,15,18). The number of rotatable bonds is 4. The third kappa shape index (κ3) is 3.44. The van der Waals surface area contributed by atoms with Gasteiger partial charge < -0.3 is 5.73 Å². The second-order valence-corrected chi connectivity index (χ2v) is 6.16. The Hall–Kier alpha value is -1.12. The molecule has 1 rings (SSSR count). The molecule has 0 aliphatic carbocycles. The van der Waals surface area contributed by atoms with E-state index >= 15 is 0 Å². The van der Waals surface area contributed by atoms with Crippen LogP contribution in [0.1, 0.15) is 40.5 Å². The Labute approximate surface area is 109 Å². The van der Waals surface area contributed by atoms with Gasteiger partial charge in [0.15, 0.2) is 0 Å². The van der Waals surface area contributed by atoms with Gasteiger partial charge in [-0.1, -0.05) is 6.92 Å². The Bertz CT molecular complexity index is 355. The summed E-state index contributed by atoms with van der Waals surface area (Å²) < 4.78 is 0. The highest BCUT2D eigenvalue weighted by atomic mass is 16.1. The number of primary amides is 1. The number of nitriles is 1. The number of nitrogens with two attached hydrogens (primary N) is 1. The van der Waals surface area contributed by atoms with Gasteiger partial charge in [-0.25, -0.2) is 0 Å². The van der Waals surface area contributed by atoms with Crippen molar-refractivity contribution in [3.05, 3.63) is 0 Å². The molecule has 0 aromatic carbocycles. The van der Waals surface area contributed by atoms with Crippen molar-refractivity contribution in [2.24, 2.45) is 5.73 Å². The molecule has 0 saturated carbocycles. The van der Waals surface area contributed by atoms with E-state index in [4.69, 9.17) is 5.73 Å². The maximum Gasteiger partial charge on any atom is 0.234 e. The zero-order chi connectivity index (χ0) is 14.0. The fourth-order valence-electron chi connectivity index (χ4n) is 2.70. The minimum atomic E-state index is -0.673. The molecular weight excluding hydrogens is 228 g/mol. The van der Waals surface area contributed by atoms with Crippen LogP contribution in [0.4, 0.5) is 0 Å². The number of amides is 1. The molecule has 5 nitrogen and oxygen atoms in total. The molecule has 3 N–H and O–H groups in total. The van der Waals surface area contributed by atoms with Crippen LogP contribution in [-0.2, 0) is 4.79 Å². The molecule has 0 aromatic rings. The summed E-state index contributed by atoms with van der Waals surface area (Å²) in [5.41, 5.74) is 4.60. The van der Waals surface area contributed by atoms with E-state index in [1.54, 1.807) is 0 Å². The Balaban J connectivity index is 2.91. The fraction of sp³-hybridized carbons (Fsp3) is 0.846. The van der Waals surface area contributed by atoms with Crippen molar-refractivity contribution in [1.29, 1.82) is 5.26 Å². The van der Waals surface area contributed by atoms with E-state index in [-0.39, 0.29) is 17.5 Å². The second-order valence-electron chi connectivity index (χ2n) is 6.16. The molecule has 0 bridgehead atoms. The lowest BCUT2D eigenvalue weighted by atomic mass is 9.93.